The summed E-state index contributed by atoms with van der Waals surface area (Å²) in [5.41, 5.74) is 1.86. The van der Waals surface area contributed by atoms with E-state index in [0.29, 0.717) is 5.82 Å². The Labute approximate surface area is 151 Å². The van der Waals surface area contributed by atoms with E-state index >= 15 is 0 Å². The van der Waals surface area contributed by atoms with E-state index in [9.17, 15) is 13.6 Å². The lowest BCUT2D eigenvalue weighted by atomic mass is 9.96. The first-order valence-corrected chi connectivity index (χ1v) is 8.67. The number of alkyl halides is 2. The minimum absolute atomic E-state index is 0.204. The van der Waals surface area contributed by atoms with E-state index in [1.807, 2.05) is 52.0 Å². The number of hydrogen-bond acceptors (Lipinski definition) is 3. The molecule has 0 radical (unpaired) electrons. The van der Waals surface area contributed by atoms with Gasteiger partial charge in [-0.1, -0.05) is 29.8 Å². The van der Waals surface area contributed by atoms with Crippen molar-refractivity contribution in [1.82, 2.24) is 15.1 Å². The summed E-state index contributed by atoms with van der Waals surface area (Å²) in [6.07, 6.45) is -1.01. The monoisotopic (exact) mass is 362 g/mol. The van der Waals surface area contributed by atoms with Crippen molar-refractivity contribution < 1.29 is 13.6 Å². The quantitative estimate of drug-likeness (QED) is 0.865. The summed E-state index contributed by atoms with van der Waals surface area (Å²) < 4.78 is 28.5. The SMILES string of the molecule is Cc1ccc([C@@H]2C[C@@H](C(F)F)n3ncc(C(=O)NC(C)(C)C)c3N2)cc1. The molecule has 0 unspecified atom stereocenters. The van der Waals surface area contributed by atoms with Crippen LogP contribution in [0.25, 0.3) is 0 Å². The number of rotatable bonds is 3. The Kier molecular flexibility index (Phi) is 4.73. The van der Waals surface area contributed by atoms with Crippen LogP contribution in [-0.2, 0) is 0 Å². The second kappa shape index (κ2) is 6.70. The van der Waals surface area contributed by atoms with Crippen LogP contribution < -0.4 is 10.6 Å². The summed E-state index contributed by atoms with van der Waals surface area (Å²) in [6.45, 7) is 7.58. The van der Waals surface area contributed by atoms with Crippen molar-refractivity contribution in [1.29, 1.82) is 0 Å². The highest BCUT2D eigenvalue weighted by molar-refractivity contribution is 5.99. The number of carbonyl (C=O) groups is 1. The van der Waals surface area contributed by atoms with E-state index in [-0.39, 0.29) is 23.9 Å². The van der Waals surface area contributed by atoms with Crippen molar-refractivity contribution in [2.24, 2.45) is 0 Å². The van der Waals surface area contributed by atoms with Gasteiger partial charge < -0.3 is 10.6 Å². The van der Waals surface area contributed by atoms with Gasteiger partial charge in [0.05, 0.1) is 12.2 Å². The predicted octanol–water partition coefficient (Wildman–Crippen LogP) is 4.08. The molecular formula is C19H24F2N4O. The van der Waals surface area contributed by atoms with E-state index in [2.05, 4.69) is 15.7 Å². The van der Waals surface area contributed by atoms with Crippen molar-refractivity contribution in [3.8, 4) is 0 Å². The molecular weight excluding hydrogens is 338 g/mol. The van der Waals surface area contributed by atoms with Crippen molar-refractivity contribution in [3.05, 3.63) is 47.2 Å². The van der Waals surface area contributed by atoms with Gasteiger partial charge in [0.1, 0.15) is 17.4 Å². The van der Waals surface area contributed by atoms with Crippen molar-refractivity contribution in [2.45, 2.75) is 58.2 Å². The number of aryl methyl sites for hydroxylation is 1. The maximum absolute atomic E-state index is 13.6. The molecule has 1 amide bonds. The molecule has 1 aromatic heterocycles. The Hall–Kier alpha value is -2.44. The molecule has 3 rings (SSSR count). The maximum atomic E-state index is 13.6. The second-order valence-corrected chi connectivity index (χ2v) is 7.80. The first kappa shape index (κ1) is 18.4. The number of benzene rings is 1. The molecule has 1 aromatic carbocycles. The smallest absolute Gasteiger partial charge is 0.260 e. The highest BCUT2D eigenvalue weighted by Crippen LogP contribution is 2.39. The number of amides is 1. The molecule has 0 spiro atoms. The summed E-state index contributed by atoms with van der Waals surface area (Å²) in [7, 11) is 0. The van der Waals surface area contributed by atoms with Gasteiger partial charge in [-0.15, -0.1) is 0 Å². The minimum atomic E-state index is -2.57. The maximum Gasteiger partial charge on any atom is 0.260 e. The molecule has 0 fully saturated rings. The molecule has 0 saturated carbocycles. The van der Waals surface area contributed by atoms with E-state index in [1.54, 1.807) is 0 Å². The van der Waals surface area contributed by atoms with Crippen molar-refractivity contribution in [2.75, 3.05) is 5.32 Å². The zero-order valence-corrected chi connectivity index (χ0v) is 15.4. The highest BCUT2D eigenvalue weighted by Gasteiger charge is 2.36. The van der Waals surface area contributed by atoms with Gasteiger partial charge in [0.15, 0.2) is 0 Å². The number of aromatic nitrogens is 2. The Balaban J connectivity index is 1.96. The normalized spacial score (nSPS) is 19.8. The number of hydrogen-bond donors (Lipinski definition) is 2. The summed E-state index contributed by atoms with van der Waals surface area (Å²) in [5.74, 6) is 0.0118. The molecule has 0 saturated heterocycles. The van der Waals surface area contributed by atoms with Gasteiger partial charge in [-0.3, -0.25) is 4.79 Å². The van der Waals surface area contributed by atoms with Gasteiger partial charge in [-0.05, 0) is 39.7 Å². The summed E-state index contributed by atoms with van der Waals surface area (Å²) in [6, 6.07) is 6.38. The summed E-state index contributed by atoms with van der Waals surface area (Å²) in [5, 5.41) is 10.2. The topological polar surface area (TPSA) is 59.0 Å². The van der Waals surface area contributed by atoms with Crippen LogP contribution in [0.3, 0.4) is 0 Å². The molecule has 140 valence electrons. The standard InChI is InChI=1S/C19H24F2N4O/c1-11-5-7-12(8-6-11)14-9-15(16(20)21)25-17(23-14)13(10-22-25)18(26)24-19(2,3)4/h5-8,10,14-16,23H,9H2,1-4H3,(H,24,26)/t14-,15-/m0/s1. The lowest BCUT2D eigenvalue weighted by Crippen LogP contribution is -2.41. The predicted molar refractivity (Wildman–Crippen MR) is 96.6 cm³/mol. The van der Waals surface area contributed by atoms with Crippen LogP contribution in [0.1, 0.15) is 60.8 Å². The molecule has 2 aromatic rings. The third-order valence-corrected chi connectivity index (χ3v) is 4.40. The third-order valence-electron chi connectivity index (χ3n) is 4.40. The van der Waals surface area contributed by atoms with Crippen LogP contribution in [0.5, 0.6) is 0 Å². The van der Waals surface area contributed by atoms with E-state index in [4.69, 9.17) is 0 Å². The van der Waals surface area contributed by atoms with Crippen LogP contribution in [0.4, 0.5) is 14.6 Å². The molecule has 0 bridgehead atoms. The highest BCUT2D eigenvalue weighted by atomic mass is 19.3. The van der Waals surface area contributed by atoms with Gasteiger partial charge in [-0.2, -0.15) is 5.10 Å². The number of fused-ring (bicyclic) bond motifs is 1. The molecule has 1 aliphatic heterocycles. The fourth-order valence-corrected chi connectivity index (χ4v) is 3.12. The first-order valence-electron chi connectivity index (χ1n) is 8.67. The third kappa shape index (κ3) is 3.71. The van der Waals surface area contributed by atoms with E-state index < -0.39 is 18.0 Å². The zero-order chi connectivity index (χ0) is 19.1. The Morgan fingerprint density at radius 2 is 1.96 bits per heavy atom. The van der Waals surface area contributed by atoms with Crippen LogP contribution >= 0.6 is 0 Å². The molecule has 7 heteroatoms. The largest absolute Gasteiger partial charge is 0.363 e. The van der Waals surface area contributed by atoms with Crippen LogP contribution in [-0.4, -0.2) is 27.7 Å². The van der Waals surface area contributed by atoms with Gasteiger partial charge in [0, 0.05) is 5.54 Å². The molecule has 0 aliphatic carbocycles. The van der Waals surface area contributed by atoms with E-state index in [0.717, 1.165) is 11.1 Å². The van der Waals surface area contributed by atoms with Crippen LogP contribution in [0.15, 0.2) is 30.5 Å². The van der Waals surface area contributed by atoms with Gasteiger partial charge in [-0.25, -0.2) is 13.5 Å². The fourth-order valence-electron chi connectivity index (χ4n) is 3.12. The van der Waals surface area contributed by atoms with Gasteiger partial charge >= 0.3 is 0 Å². The fraction of sp³-hybridized carbons (Fsp3) is 0.474. The van der Waals surface area contributed by atoms with Crippen LogP contribution in [0.2, 0.25) is 0 Å². The van der Waals surface area contributed by atoms with Crippen molar-refractivity contribution in [3.63, 3.8) is 0 Å². The average molecular weight is 362 g/mol. The van der Waals surface area contributed by atoms with Crippen molar-refractivity contribution >= 4 is 11.7 Å². The molecule has 5 nitrogen and oxygen atoms in total. The Morgan fingerprint density at radius 3 is 2.54 bits per heavy atom. The van der Waals surface area contributed by atoms with Gasteiger partial charge in [0.25, 0.3) is 12.3 Å². The molecule has 26 heavy (non-hydrogen) atoms. The number of nitrogens with zero attached hydrogens (tertiary/aromatic N) is 2. The molecule has 1 aliphatic rings. The summed E-state index contributed by atoms with van der Waals surface area (Å²) >= 11 is 0. The average Bonchev–Trinajstić information content (AvgIpc) is 2.96. The zero-order valence-electron chi connectivity index (χ0n) is 15.4. The van der Waals surface area contributed by atoms with Crippen LogP contribution in [0, 0.1) is 6.92 Å². The molecule has 2 atom stereocenters. The lowest BCUT2D eigenvalue weighted by Gasteiger charge is -2.33. The minimum Gasteiger partial charge on any atom is -0.363 e. The Morgan fingerprint density at radius 1 is 1.31 bits per heavy atom. The lowest BCUT2D eigenvalue weighted by molar-refractivity contribution is 0.0656. The number of halogens is 2. The van der Waals surface area contributed by atoms with Gasteiger partial charge in [0.2, 0.25) is 0 Å². The number of anilines is 1. The Bertz CT molecular complexity index is 793. The molecule has 2 heterocycles. The molecule has 2 N–H and O–H groups in total. The first-order chi connectivity index (χ1) is 12.2. The summed E-state index contributed by atoms with van der Waals surface area (Å²) in [4.78, 5) is 12.6. The number of carbonyl (C=O) groups excluding carboxylic acids is 1. The van der Waals surface area contributed by atoms with E-state index in [1.165, 1.54) is 10.9 Å². The second-order valence-electron chi connectivity index (χ2n) is 7.80. The number of nitrogens with one attached hydrogen (secondary N) is 2.